The molecule has 2 aromatic rings. The number of hydrogen-bond donors (Lipinski definition) is 0. The molecule has 0 aromatic heterocycles. The highest BCUT2D eigenvalue weighted by Crippen LogP contribution is 2.26. The first-order chi connectivity index (χ1) is 13.4. The molecule has 28 heavy (non-hydrogen) atoms. The van der Waals surface area contributed by atoms with Crippen molar-refractivity contribution >= 4 is 12.4 Å². The van der Waals surface area contributed by atoms with Crippen LogP contribution in [0.5, 0.6) is 5.75 Å². The number of ether oxygens (including phenoxy) is 2. The Balaban J connectivity index is 1.66. The molecule has 148 valence electrons. The van der Waals surface area contributed by atoms with Crippen LogP contribution in [-0.2, 0) is 4.74 Å². The van der Waals surface area contributed by atoms with E-state index < -0.39 is 5.60 Å². The van der Waals surface area contributed by atoms with E-state index in [0.717, 1.165) is 36.0 Å². The summed E-state index contributed by atoms with van der Waals surface area (Å²) in [5.41, 5.74) is 2.08. The normalized spacial score (nSPS) is 16.7. The lowest BCUT2D eigenvalue weighted by Crippen LogP contribution is -2.42. The Bertz CT molecular complexity index is 840. The molecule has 0 bridgehead atoms. The van der Waals surface area contributed by atoms with E-state index in [1.807, 2.05) is 63.2 Å². The molecular weight excluding hydrogens is 354 g/mol. The Morgan fingerprint density at radius 1 is 1.14 bits per heavy atom. The zero-order valence-corrected chi connectivity index (χ0v) is 16.7. The molecule has 5 nitrogen and oxygen atoms in total. The highest BCUT2D eigenvalue weighted by molar-refractivity contribution is 5.79. The van der Waals surface area contributed by atoms with Crippen LogP contribution in [0.25, 0.3) is 11.1 Å². The number of carbonyl (C=O) groups excluding carboxylic acids is 2. The third-order valence-electron chi connectivity index (χ3n) is 4.64. The molecule has 3 rings (SSSR count). The second-order valence-electron chi connectivity index (χ2n) is 8.05. The van der Waals surface area contributed by atoms with Crippen molar-refractivity contribution in [3.63, 3.8) is 0 Å². The maximum atomic E-state index is 12.4. The molecule has 1 aliphatic heterocycles. The summed E-state index contributed by atoms with van der Waals surface area (Å²) in [6.07, 6.45) is 2.42. The first-order valence-electron chi connectivity index (χ1n) is 9.64. The second-order valence-corrected chi connectivity index (χ2v) is 8.05. The molecule has 1 saturated heterocycles. The van der Waals surface area contributed by atoms with Gasteiger partial charge < -0.3 is 14.4 Å². The molecule has 1 amide bonds. The molecule has 1 heterocycles. The van der Waals surface area contributed by atoms with Gasteiger partial charge in [-0.1, -0.05) is 30.3 Å². The van der Waals surface area contributed by atoms with Gasteiger partial charge in [0, 0.05) is 12.1 Å². The molecule has 1 fully saturated rings. The standard InChI is InChI=1S/C23H27NO4/c1-23(2,3)28-22(26)24-12-6-10-20(24)16-27-21-11-5-9-19(14-21)18-8-4-7-17(13-18)15-25/h4-5,7-9,11,13-15,20H,6,10,12,16H2,1-3H3/t20-/m0/s1. The Labute approximate surface area is 166 Å². The third kappa shape index (κ3) is 5.12. The SMILES string of the molecule is CC(C)(C)OC(=O)N1CCC[C@H]1COc1cccc(-c2cccc(C=O)c2)c1. The average molecular weight is 381 g/mol. The number of nitrogens with zero attached hydrogens (tertiary/aromatic N) is 1. The molecule has 0 aliphatic carbocycles. The van der Waals surface area contributed by atoms with Crippen LogP contribution in [0.1, 0.15) is 44.0 Å². The van der Waals surface area contributed by atoms with Crippen LogP contribution >= 0.6 is 0 Å². The quantitative estimate of drug-likeness (QED) is 0.688. The van der Waals surface area contributed by atoms with E-state index in [4.69, 9.17) is 9.47 Å². The van der Waals surface area contributed by atoms with Crippen molar-refractivity contribution in [2.24, 2.45) is 0 Å². The van der Waals surface area contributed by atoms with Crippen LogP contribution in [-0.4, -0.2) is 42.1 Å². The Kier molecular flexibility index (Phi) is 6.02. The van der Waals surface area contributed by atoms with Crippen LogP contribution in [0.15, 0.2) is 48.5 Å². The van der Waals surface area contributed by atoms with Crippen LogP contribution in [0.2, 0.25) is 0 Å². The molecule has 0 unspecified atom stereocenters. The summed E-state index contributed by atoms with van der Waals surface area (Å²) in [5, 5.41) is 0. The average Bonchev–Trinajstić information content (AvgIpc) is 3.14. The second kappa shape index (κ2) is 8.46. The van der Waals surface area contributed by atoms with Gasteiger partial charge in [0.05, 0.1) is 6.04 Å². The van der Waals surface area contributed by atoms with Gasteiger partial charge in [0.2, 0.25) is 0 Å². The van der Waals surface area contributed by atoms with Gasteiger partial charge in [-0.25, -0.2) is 4.79 Å². The fraction of sp³-hybridized carbons (Fsp3) is 0.391. The highest BCUT2D eigenvalue weighted by atomic mass is 16.6. The third-order valence-corrected chi connectivity index (χ3v) is 4.64. The van der Waals surface area contributed by atoms with Crippen LogP contribution < -0.4 is 4.74 Å². The van der Waals surface area contributed by atoms with Crippen molar-refractivity contribution in [3.8, 4) is 16.9 Å². The fourth-order valence-corrected chi connectivity index (χ4v) is 3.32. The van der Waals surface area contributed by atoms with Crippen molar-refractivity contribution in [3.05, 3.63) is 54.1 Å². The number of rotatable bonds is 5. The van der Waals surface area contributed by atoms with E-state index >= 15 is 0 Å². The summed E-state index contributed by atoms with van der Waals surface area (Å²) in [5.74, 6) is 0.741. The van der Waals surface area contributed by atoms with Crippen molar-refractivity contribution in [2.45, 2.75) is 45.3 Å². The fourth-order valence-electron chi connectivity index (χ4n) is 3.32. The smallest absolute Gasteiger partial charge is 0.410 e. The van der Waals surface area contributed by atoms with Gasteiger partial charge in [0.1, 0.15) is 24.2 Å². The topological polar surface area (TPSA) is 55.8 Å². The van der Waals surface area contributed by atoms with E-state index in [9.17, 15) is 9.59 Å². The molecule has 1 aliphatic rings. The van der Waals surface area contributed by atoms with Gasteiger partial charge in [0.25, 0.3) is 0 Å². The predicted molar refractivity (Wildman–Crippen MR) is 109 cm³/mol. The number of aldehydes is 1. The zero-order valence-electron chi connectivity index (χ0n) is 16.7. The van der Waals surface area contributed by atoms with Gasteiger partial charge in [0.15, 0.2) is 0 Å². The molecular formula is C23H27NO4. The summed E-state index contributed by atoms with van der Waals surface area (Å²) in [4.78, 5) is 25.2. The van der Waals surface area contributed by atoms with E-state index in [1.54, 1.807) is 11.0 Å². The summed E-state index contributed by atoms with van der Waals surface area (Å²) < 4.78 is 11.5. The molecule has 0 spiro atoms. The number of likely N-dealkylation sites (tertiary alicyclic amines) is 1. The minimum atomic E-state index is -0.504. The molecule has 0 N–H and O–H groups in total. The Morgan fingerprint density at radius 2 is 1.86 bits per heavy atom. The lowest BCUT2D eigenvalue weighted by Gasteiger charge is -2.28. The maximum Gasteiger partial charge on any atom is 0.410 e. The minimum Gasteiger partial charge on any atom is -0.491 e. The minimum absolute atomic E-state index is 0.0110. The van der Waals surface area contributed by atoms with Gasteiger partial charge >= 0.3 is 6.09 Å². The largest absolute Gasteiger partial charge is 0.491 e. The number of benzene rings is 2. The summed E-state index contributed by atoms with van der Waals surface area (Å²) >= 11 is 0. The summed E-state index contributed by atoms with van der Waals surface area (Å²) in [6.45, 7) is 6.74. The predicted octanol–water partition coefficient (Wildman–Crippen LogP) is 4.94. The number of hydrogen-bond acceptors (Lipinski definition) is 4. The lowest BCUT2D eigenvalue weighted by atomic mass is 10.0. The summed E-state index contributed by atoms with van der Waals surface area (Å²) in [6, 6.07) is 15.2. The molecule has 0 radical (unpaired) electrons. The first kappa shape index (κ1) is 19.9. The van der Waals surface area contributed by atoms with Gasteiger partial charge in [-0.2, -0.15) is 0 Å². The molecule has 5 heteroatoms. The van der Waals surface area contributed by atoms with Crippen molar-refractivity contribution in [1.29, 1.82) is 0 Å². The molecule has 0 saturated carbocycles. The van der Waals surface area contributed by atoms with E-state index in [-0.39, 0.29) is 12.1 Å². The number of carbonyl (C=O) groups is 2. The van der Waals surface area contributed by atoms with Gasteiger partial charge in [-0.3, -0.25) is 4.79 Å². The van der Waals surface area contributed by atoms with E-state index in [2.05, 4.69) is 0 Å². The van der Waals surface area contributed by atoms with E-state index in [0.29, 0.717) is 18.7 Å². The summed E-state index contributed by atoms with van der Waals surface area (Å²) in [7, 11) is 0. The van der Waals surface area contributed by atoms with Crippen LogP contribution in [0.4, 0.5) is 4.79 Å². The Morgan fingerprint density at radius 3 is 2.57 bits per heavy atom. The number of amides is 1. The van der Waals surface area contributed by atoms with Crippen molar-refractivity contribution in [2.75, 3.05) is 13.2 Å². The van der Waals surface area contributed by atoms with Crippen LogP contribution in [0.3, 0.4) is 0 Å². The lowest BCUT2D eigenvalue weighted by molar-refractivity contribution is 0.0187. The monoisotopic (exact) mass is 381 g/mol. The Hall–Kier alpha value is -2.82. The highest BCUT2D eigenvalue weighted by Gasteiger charge is 2.32. The van der Waals surface area contributed by atoms with Crippen molar-refractivity contribution in [1.82, 2.24) is 4.90 Å². The zero-order chi connectivity index (χ0) is 20.1. The van der Waals surface area contributed by atoms with Crippen LogP contribution in [0, 0.1) is 0 Å². The van der Waals surface area contributed by atoms with E-state index in [1.165, 1.54) is 0 Å². The van der Waals surface area contributed by atoms with Gasteiger partial charge in [-0.15, -0.1) is 0 Å². The maximum absolute atomic E-state index is 12.4. The molecule has 1 atom stereocenters. The first-order valence-corrected chi connectivity index (χ1v) is 9.64. The van der Waals surface area contributed by atoms with Gasteiger partial charge in [-0.05, 0) is 62.9 Å². The molecule has 2 aromatic carbocycles. The van der Waals surface area contributed by atoms with Crippen molar-refractivity contribution < 1.29 is 19.1 Å².